The normalized spacial score (nSPS) is 9.88. The van der Waals surface area contributed by atoms with Crippen LogP contribution >= 0.6 is 0 Å². The molecule has 2 rings (SSSR count). The first kappa shape index (κ1) is 11.1. The Morgan fingerprint density at radius 2 is 2.12 bits per heavy atom. The number of benzene rings is 1. The van der Waals surface area contributed by atoms with Gasteiger partial charge in [-0.05, 0) is 17.7 Å². The van der Waals surface area contributed by atoms with Crippen LogP contribution < -0.4 is 5.32 Å². The molecule has 0 unspecified atom stereocenters. The first-order chi connectivity index (χ1) is 8.27. The van der Waals surface area contributed by atoms with Gasteiger partial charge in [0.05, 0.1) is 5.56 Å². The number of nitrogens with zero attached hydrogens (tertiary/aromatic N) is 2. The number of anilines is 1. The maximum Gasteiger partial charge on any atom is 0.336 e. The van der Waals surface area contributed by atoms with Gasteiger partial charge in [0, 0.05) is 12.7 Å². The predicted octanol–water partition coefficient (Wildman–Crippen LogP) is 1.79. The summed E-state index contributed by atoms with van der Waals surface area (Å²) in [6.45, 7) is 0.416. The van der Waals surface area contributed by atoms with Crippen LogP contribution in [0.15, 0.2) is 42.9 Å². The van der Waals surface area contributed by atoms with Crippen molar-refractivity contribution in [1.82, 2.24) is 9.97 Å². The molecule has 17 heavy (non-hydrogen) atoms. The van der Waals surface area contributed by atoms with Crippen molar-refractivity contribution in [2.45, 2.75) is 6.54 Å². The first-order valence-corrected chi connectivity index (χ1v) is 5.08. The molecular formula is C12H11N3O2. The second-order valence-corrected chi connectivity index (χ2v) is 3.41. The monoisotopic (exact) mass is 229 g/mol. The Balaban J connectivity index is 2.12. The molecule has 0 saturated carbocycles. The zero-order chi connectivity index (χ0) is 12.1. The van der Waals surface area contributed by atoms with Gasteiger partial charge in [-0.15, -0.1) is 0 Å². The van der Waals surface area contributed by atoms with Crippen LogP contribution in [0.5, 0.6) is 0 Å². The molecule has 0 aliphatic heterocycles. The van der Waals surface area contributed by atoms with Crippen LogP contribution in [0.25, 0.3) is 0 Å². The van der Waals surface area contributed by atoms with Gasteiger partial charge in [-0.1, -0.05) is 18.2 Å². The van der Waals surface area contributed by atoms with Crippen LogP contribution in [0.2, 0.25) is 0 Å². The van der Waals surface area contributed by atoms with E-state index >= 15 is 0 Å². The van der Waals surface area contributed by atoms with Crippen LogP contribution in [0.3, 0.4) is 0 Å². The summed E-state index contributed by atoms with van der Waals surface area (Å²) < 4.78 is 0. The first-order valence-electron chi connectivity index (χ1n) is 5.08. The summed E-state index contributed by atoms with van der Waals surface area (Å²) in [5.41, 5.74) is 1.02. The lowest BCUT2D eigenvalue weighted by atomic mass is 10.1. The minimum absolute atomic E-state index is 0.300. The molecule has 2 aromatic rings. The van der Waals surface area contributed by atoms with Crippen molar-refractivity contribution in [3.05, 3.63) is 54.0 Å². The van der Waals surface area contributed by atoms with Crippen LogP contribution in [0, 0.1) is 0 Å². The van der Waals surface area contributed by atoms with Gasteiger partial charge in [-0.2, -0.15) is 0 Å². The van der Waals surface area contributed by atoms with Gasteiger partial charge in [0.25, 0.3) is 0 Å². The second-order valence-electron chi connectivity index (χ2n) is 3.41. The zero-order valence-electron chi connectivity index (χ0n) is 9.00. The van der Waals surface area contributed by atoms with E-state index in [-0.39, 0.29) is 0 Å². The summed E-state index contributed by atoms with van der Waals surface area (Å²) in [6.07, 6.45) is 3.06. The van der Waals surface area contributed by atoms with Gasteiger partial charge in [-0.3, -0.25) is 0 Å². The Morgan fingerprint density at radius 1 is 1.29 bits per heavy atom. The van der Waals surface area contributed by atoms with Crippen molar-refractivity contribution < 1.29 is 9.90 Å². The quantitative estimate of drug-likeness (QED) is 0.835. The van der Waals surface area contributed by atoms with E-state index in [1.54, 1.807) is 30.5 Å². The number of nitrogens with one attached hydrogen (secondary N) is 1. The lowest BCUT2D eigenvalue weighted by molar-refractivity contribution is 0.0696. The van der Waals surface area contributed by atoms with Gasteiger partial charge in [-0.25, -0.2) is 14.8 Å². The molecule has 0 aliphatic rings. The lowest BCUT2D eigenvalue weighted by Gasteiger charge is -2.07. The van der Waals surface area contributed by atoms with E-state index in [0.29, 0.717) is 17.9 Å². The molecule has 0 atom stereocenters. The number of carbonyl (C=O) groups is 1. The topological polar surface area (TPSA) is 75.1 Å². The van der Waals surface area contributed by atoms with Crippen molar-refractivity contribution >= 4 is 11.8 Å². The second kappa shape index (κ2) is 5.07. The summed E-state index contributed by atoms with van der Waals surface area (Å²) in [5, 5.41) is 12.1. The highest BCUT2D eigenvalue weighted by atomic mass is 16.4. The average molecular weight is 229 g/mol. The number of rotatable bonds is 4. The van der Waals surface area contributed by atoms with Gasteiger partial charge in [0.2, 0.25) is 0 Å². The van der Waals surface area contributed by atoms with Gasteiger partial charge in [0.1, 0.15) is 12.1 Å². The molecule has 0 amide bonds. The number of carboxylic acids is 1. The number of hydrogen-bond donors (Lipinski definition) is 2. The molecule has 5 nitrogen and oxygen atoms in total. The van der Waals surface area contributed by atoms with Crippen molar-refractivity contribution in [3.63, 3.8) is 0 Å². The molecule has 0 radical (unpaired) electrons. The highest BCUT2D eigenvalue weighted by molar-refractivity contribution is 5.89. The molecule has 1 aromatic heterocycles. The van der Waals surface area contributed by atoms with E-state index in [2.05, 4.69) is 15.3 Å². The lowest BCUT2D eigenvalue weighted by Crippen LogP contribution is -2.07. The van der Waals surface area contributed by atoms with E-state index in [0.717, 1.165) is 5.56 Å². The van der Waals surface area contributed by atoms with E-state index in [1.165, 1.54) is 6.33 Å². The van der Waals surface area contributed by atoms with Gasteiger partial charge < -0.3 is 10.4 Å². The molecule has 0 fully saturated rings. The molecule has 0 bridgehead atoms. The Labute approximate surface area is 98.2 Å². The molecule has 2 N–H and O–H groups in total. The van der Waals surface area contributed by atoms with E-state index in [1.807, 2.05) is 6.07 Å². The largest absolute Gasteiger partial charge is 0.478 e. The third-order valence-electron chi connectivity index (χ3n) is 2.29. The average Bonchev–Trinajstić information content (AvgIpc) is 2.38. The van der Waals surface area contributed by atoms with Crippen LogP contribution in [-0.4, -0.2) is 21.0 Å². The Hall–Kier alpha value is -2.43. The third-order valence-corrected chi connectivity index (χ3v) is 2.29. The van der Waals surface area contributed by atoms with E-state index in [4.69, 9.17) is 5.11 Å². The fraction of sp³-hybridized carbons (Fsp3) is 0.0833. The maximum absolute atomic E-state index is 11.0. The minimum atomic E-state index is -0.926. The van der Waals surface area contributed by atoms with E-state index in [9.17, 15) is 4.79 Å². The summed E-state index contributed by atoms with van der Waals surface area (Å²) in [4.78, 5) is 18.8. The Bertz CT molecular complexity index is 514. The van der Waals surface area contributed by atoms with Gasteiger partial charge >= 0.3 is 5.97 Å². The fourth-order valence-corrected chi connectivity index (χ4v) is 1.46. The molecule has 0 spiro atoms. The number of hydrogen-bond acceptors (Lipinski definition) is 4. The molecule has 0 aliphatic carbocycles. The predicted molar refractivity (Wildman–Crippen MR) is 62.8 cm³/mol. The summed E-state index contributed by atoms with van der Waals surface area (Å²) in [7, 11) is 0. The maximum atomic E-state index is 11.0. The van der Waals surface area contributed by atoms with Crippen molar-refractivity contribution in [1.29, 1.82) is 0 Å². The third kappa shape index (κ3) is 2.78. The van der Waals surface area contributed by atoms with Crippen molar-refractivity contribution in [3.8, 4) is 0 Å². The van der Waals surface area contributed by atoms with Crippen molar-refractivity contribution in [2.75, 3.05) is 5.32 Å². The standard InChI is InChI=1S/C12H11N3O2/c16-12(17)10-4-2-1-3-9(10)7-14-11-5-6-13-8-15-11/h1-6,8H,7H2,(H,16,17)(H,13,14,15). The number of carboxylic acid groups (broad SMARTS) is 1. The molecule has 86 valence electrons. The molecular weight excluding hydrogens is 218 g/mol. The van der Waals surface area contributed by atoms with Crippen LogP contribution in [0.1, 0.15) is 15.9 Å². The SMILES string of the molecule is O=C(O)c1ccccc1CNc1ccncn1. The number of aromatic nitrogens is 2. The molecule has 1 aromatic carbocycles. The molecule has 5 heteroatoms. The van der Waals surface area contributed by atoms with Crippen LogP contribution in [-0.2, 0) is 6.54 Å². The van der Waals surface area contributed by atoms with E-state index < -0.39 is 5.97 Å². The molecule has 0 saturated heterocycles. The highest BCUT2D eigenvalue weighted by Crippen LogP contribution is 2.10. The number of aromatic carboxylic acids is 1. The van der Waals surface area contributed by atoms with Gasteiger partial charge in [0.15, 0.2) is 0 Å². The molecule has 1 heterocycles. The highest BCUT2D eigenvalue weighted by Gasteiger charge is 2.08. The fourth-order valence-electron chi connectivity index (χ4n) is 1.46. The summed E-state index contributed by atoms with van der Waals surface area (Å²) in [6, 6.07) is 8.60. The minimum Gasteiger partial charge on any atom is -0.478 e. The Morgan fingerprint density at radius 3 is 2.82 bits per heavy atom. The smallest absolute Gasteiger partial charge is 0.336 e. The Kier molecular flexibility index (Phi) is 3.30. The zero-order valence-corrected chi connectivity index (χ0v) is 9.00. The summed E-state index contributed by atoms with van der Waals surface area (Å²) in [5.74, 6) is -0.259. The van der Waals surface area contributed by atoms with Crippen molar-refractivity contribution in [2.24, 2.45) is 0 Å². The van der Waals surface area contributed by atoms with Crippen LogP contribution in [0.4, 0.5) is 5.82 Å². The summed E-state index contributed by atoms with van der Waals surface area (Å²) >= 11 is 0.